The van der Waals surface area contributed by atoms with Crippen molar-refractivity contribution < 1.29 is 129 Å². The number of hydrogen-bond donors (Lipinski definition) is 4. The Morgan fingerprint density at radius 2 is 0.826 bits per heavy atom. The van der Waals surface area contributed by atoms with Crippen molar-refractivity contribution in [3.8, 4) is 0 Å². The van der Waals surface area contributed by atoms with Crippen molar-refractivity contribution >= 4 is 50.2 Å². The van der Waals surface area contributed by atoms with E-state index in [0.717, 1.165) is 0 Å². The molecule has 0 bridgehead atoms. The topological polar surface area (TPSA) is 213 Å². The van der Waals surface area contributed by atoms with Crippen molar-refractivity contribution in [1.29, 1.82) is 0 Å². The number of nitrogens with zero attached hydrogens (tertiary/aromatic N) is 1. The Morgan fingerprint density at radius 3 is 1.00 bits per heavy atom. The van der Waals surface area contributed by atoms with E-state index in [2.05, 4.69) is 0 Å². The number of likely N-dealkylation sites (N-methyl/N-ethyl adjacent to an activating group) is 1. The number of hydrogen-bond acceptors (Lipinski definition) is 6. The van der Waals surface area contributed by atoms with E-state index in [9.17, 15) is 65.5 Å². The molecule has 0 saturated carbocycles. The average molecular weight is 907 g/mol. The van der Waals surface area contributed by atoms with Crippen molar-refractivity contribution in [2.75, 3.05) is 13.1 Å². The van der Waals surface area contributed by atoms with Crippen LogP contribution in [0, 0.1) is 0 Å². The summed E-state index contributed by atoms with van der Waals surface area (Å²) in [4.78, 5) is 0. The third kappa shape index (κ3) is 19.4. The van der Waals surface area contributed by atoms with E-state index < -0.39 is 68.8 Å². The molecule has 0 aromatic rings. The van der Waals surface area contributed by atoms with Gasteiger partial charge >= 0.3 is 102 Å². The van der Waals surface area contributed by atoms with Crippen LogP contribution in [0.15, 0.2) is 0 Å². The molecule has 0 saturated heterocycles. The Kier molecular flexibility index (Phi) is 37.9. The molecule has 0 fully saturated rings. The molecule has 0 heterocycles. The molecule has 0 amide bonds. The summed E-state index contributed by atoms with van der Waals surface area (Å²) in [7, 11) is 12.1. The summed E-state index contributed by atoms with van der Waals surface area (Å²) >= 11 is -0.361. The molecule has 0 rings (SSSR count). The van der Waals surface area contributed by atoms with E-state index in [1.807, 2.05) is 0 Å². The molecule has 0 spiro atoms. The molecule has 292 valence electrons. The Hall–Kier alpha value is 0.945. The van der Waals surface area contributed by atoms with Crippen LogP contribution in [0.3, 0.4) is 0 Å². The van der Waals surface area contributed by atoms with Crippen LogP contribution in [0.25, 0.3) is 0 Å². The zero-order chi connectivity index (χ0) is 36.6. The predicted molar refractivity (Wildman–Crippen MR) is 134 cm³/mol. The number of alkyl halides is 13. The fourth-order valence-corrected chi connectivity index (χ4v) is 3.10. The van der Waals surface area contributed by atoms with E-state index in [0.29, 0.717) is 6.92 Å². The van der Waals surface area contributed by atoms with Crippen molar-refractivity contribution in [1.82, 2.24) is 4.31 Å². The van der Waals surface area contributed by atoms with Crippen LogP contribution in [-0.4, -0.2) is 116 Å². The van der Waals surface area contributed by atoms with Gasteiger partial charge in [-0.3, -0.25) is 0 Å². The third-order valence-corrected chi connectivity index (χ3v) is 5.28. The molecule has 0 atom stereocenters. The van der Waals surface area contributed by atoms with Crippen LogP contribution in [0.1, 0.15) is 34.6 Å². The fourth-order valence-electron chi connectivity index (χ4n) is 1.66. The second-order valence-electron chi connectivity index (χ2n) is 7.55. The van der Waals surface area contributed by atoms with Gasteiger partial charge < -0.3 is 36.9 Å². The molecule has 10 nitrogen and oxygen atoms in total. The zero-order valence-corrected chi connectivity index (χ0v) is 29.7. The Labute approximate surface area is 283 Å². The van der Waals surface area contributed by atoms with E-state index >= 15 is 0 Å². The maximum atomic E-state index is 13.7. The molecular weight excluding hydrogens is 875 g/mol. The molecule has 0 radical (unpaired) electrons. The van der Waals surface area contributed by atoms with Gasteiger partial charge in [0.2, 0.25) is 0 Å². The monoisotopic (exact) mass is 905 g/mol. The Morgan fingerprint density at radius 1 is 0.609 bits per heavy atom. The van der Waals surface area contributed by atoms with Crippen LogP contribution in [0.4, 0.5) is 57.1 Å². The number of sulfonamides is 1. The predicted octanol–water partition coefficient (Wildman–Crippen LogP) is 3.70. The van der Waals surface area contributed by atoms with Crippen molar-refractivity contribution in [2.45, 2.75) is 88.2 Å². The molecule has 0 aromatic heterocycles. The van der Waals surface area contributed by atoms with Gasteiger partial charge in [0.25, 0.3) is 10.0 Å². The second-order valence-corrected chi connectivity index (χ2v) is 13.7. The summed E-state index contributed by atoms with van der Waals surface area (Å²) < 4.78 is 190. The van der Waals surface area contributed by atoms with Gasteiger partial charge in [-0.05, 0) is 27.7 Å². The van der Waals surface area contributed by atoms with Crippen LogP contribution >= 0.6 is 40.2 Å². The van der Waals surface area contributed by atoms with Gasteiger partial charge in [0.05, 0.1) is 6.54 Å². The minimum atomic E-state index is -8.27. The van der Waals surface area contributed by atoms with Gasteiger partial charge in [-0.25, -0.2) is 8.42 Å². The molecule has 0 aliphatic carbocycles. The molecular formula is C16H32Cl4Cr2F13NO9S. The third-order valence-electron chi connectivity index (χ3n) is 3.29. The SMILES string of the molecule is CC(C)O.CC(C)O.CCN(CC(O)O)S(=O)(=O)C(F)(F)C(F)(F)C(F)(F)C(F)(F)C(F)(F)C(F)(F)F.O.O.O.[Cl][Cr][Cl].[Cl][Cr][Cl]. The summed E-state index contributed by atoms with van der Waals surface area (Å²) in [5, 5.41) is 25.7. The molecule has 0 aromatic carbocycles. The summed E-state index contributed by atoms with van der Waals surface area (Å²) in [5.41, 5.74) is 0. The van der Waals surface area contributed by atoms with Gasteiger partial charge in [0, 0.05) is 18.8 Å². The number of halogens is 17. The van der Waals surface area contributed by atoms with Crippen LogP contribution in [-0.2, 0) is 36.8 Å². The normalized spacial score (nSPS) is 12.5. The molecule has 46 heavy (non-hydrogen) atoms. The zero-order valence-electron chi connectivity index (χ0n) is 23.3. The quantitative estimate of drug-likeness (QED) is 0.200. The fraction of sp³-hybridized carbons (Fsp3) is 1.00. The number of aliphatic hydroxyl groups is 4. The molecule has 0 aliphatic heterocycles. The van der Waals surface area contributed by atoms with Gasteiger partial charge in [0.1, 0.15) is 0 Å². The molecule has 30 heteroatoms. The van der Waals surface area contributed by atoms with Gasteiger partial charge in [-0.1, -0.05) is 6.92 Å². The first kappa shape index (κ1) is 65.3. The summed E-state index contributed by atoms with van der Waals surface area (Å²) in [5.74, 6) is -32.5. The first-order valence-electron chi connectivity index (χ1n) is 10.1. The van der Waals surface area contributed by atoms with Crippen LogP contribution in [0.5, 0.6) is 0 Å². The van der Waals surface area contributed by atoms with E-state index in [-0.39, 0.29) is 55.4 Å². The summed E-state index contributed by atoms with van der Waals surface area (Å²) in [6.45, 7) is 4.15. The second kappa shape index (κ2) is 26.7. The molecule has 0 unspecified atom stereocenters. The average Bonchev–Trinajstić information content (AvgIpc) is 2.76. The van der Waals surface area contributed by atoms with Crippen molar-refractivity contribution in [3.05, 3.63) is 0 Å². The maximum absolute atomic E-state index is 13.7. The summed E-state index contributed by atoms with van der Waals surface area (Å²) in [6, 6.07) is 0. The summed E-state index contributed by atoms with van der Waals surface area (Å²) in [6.07, 6.45) is -10.8. The van der Waals surface area contributed by atoms with Crippen LogP contribution in [0.2, 0.25) is 0 Å². The number of aliphatic hydroxyl groups excluding tert-OH is 3. The van der Waals surface area contributed by atoms with E-state index in [1.54, 1.807) is 27.7 Å². The molecule has 10 N–H and O–H groups in total. The van der Waals surface area contributed by atoms with Crippen LogP contribution < -0.4 is 0 Å². The van der Waals surface area contributed by atoms with Gasteiger partial charge in [0.15, 0.2) is 6.29 Å². The molecule has 0 aliphatic rings. The van der Waals surface area contributed by atoms with E-state index in [1.165, 1.54) is 0 Å². The minimum absolute atomic E-state index is 0. The van der Waals surface area contributed by atoms with E-state index in [4.69, 9.17) is 60.6 Å². The first-order valence-corrected chi connectivity index (χ1v) is 18.6. The standard InChI is InChI=1S/C10H10F13NO4S.2C3H8O.4ClH.2Cr.3H2O/c1-2-24(3-4(25)26)29(27,28)10(22,23)8(17,18)6(13,14)5(11,12)7(15,16)9(19,20)21;2*1-3(2)4;;;;;;;;;/h4,25-26H,2-3H2,1H3;2*3-4H,1-2H3;4*1H;;;3*1H2/q;;;;;;;2*+2;;;/p-4. The van der Waals surface area contributed by atoms with Crippen molar-refractivity contribution in [3.63, 3.8) is 0 Å². The van der Waals surface area contributed by atoms with Gasteiger partial charge in [-0.15, -0.1) is 0 Å². The number of rotatable bonds is 9. The van der Waals surface area contributed by atoms with Crippen molar-refractivity contribution in [2.24, 2.45) is 0 Å². The Bertz CT molecular complexity index is 841. The van der Waals surface area contributed by atoms with Gasteiger partial charge in [-0.2, -0.15) is 61.4 Å². The first-order chi connectivity index (χ1) is 18.7. The Balaban J connectivity index is -0.000000119.